The number of carbonyl (C=O) groups excluding carboxylic acids is 2. The summed E-state index contributed by atoms with van der Waals surface area (Å²) in [6, 6.07) is 34.0. The second-order valence-electron chi connectivity index (χ2n) is 9.41. The smallest absolute Gasteiger partial charge is 0.180 e. The van der Waals surface area contributed by atoms with Gasteiger partial charge in [-0.15, -0.1) is 0 Å². The molecule has 190 valence electrons. The number of ketones is 2. The first-order valence-electron chi connectivity index (χ1n) is 12.7. The van der Waals surface area contributed by atoms with Crippen LogP contribution in [0.15, 0.2) is 119 Å². The van der Waals surface area contributed by atoms with Crippen LogP contribution in [0.1, 0.15) is 38.7 Å². The molecule has 0 amide bonds. The molecule has 0 fully saturated rings. The fourth-order valence-corrected chi connectivity index (χ4v) is 5.19. The maximum Gasteiger partial charge on any atom is 0.180 e. The molecule has 0 bridgehead atoms. The van der Waals surface area contributed by atoms with Crippen LogP contribution in [0.3, 0.4) is 0 Å². The normalized spacial score (nSPS) is 15.9. The Bertz CT molecular complexity index is 1700. The van der Waals surface area contributed by atoms with Crippen LogP contribution in [0.2, 0.25) is 0 Å². The van der Waals surface area contributed by atoms with Gasteiger partial charge in [-0.3, -0.25) is 9.59 Å². The highest BCUT2D eigenvalue weighted by molar-refractivity contribution is 6.38. The van der Waals surface area contributed by atoms with Crippen molar-refractivity contribution in [1.82, 2.24) is 4.98 Å². The third-order valence-corrected chi connectivity index (χ3v) is 7.05. The van der Waals surface area contributed by atoms with Crippen LogP contribution < -0.4 is 4.74 Å². The summed E-state index contributed by atoms with van der Waals surface area (Å²) in [6.45, 7) is 0. The number of aromatic nitrogens is 1. The number of carbonyl (C=O) groups is 2. The summed E-state index contributed by atoms with van der Waals surface area (Å²) in [5.74, 6) is -1.39. The molecular formula is C33H25N3O3. The molecule has 1 aliphatic carbocycles. The van der Waals surface area contributed by atoms with Crippen molar-refractivity contribution >= 4 is 34.4 Å². The molecule has 39 heavy (non-hydrogen) atoms. The van der Waals surface area contributed by atoms with Crippen molar-refractivity contribution in [2.75, 3.05) is 7.11 Å². The third-order valence-electron chi connectivity index (χ3n) is 7.05. The first-order valence-corrected chi connectivity index (χ1v) is 12.7. The Labute approximate surface area is 225 Å². The minimum Gasteiger partial charge on any atom is -0.497 e. The molecule has 0 aliphatic heterocycles. The Hall–Kier alpha value is -5.10. The molecule has 1 N–H and O–H groups in total. The van der Waals surface area contributed by atoms with E-state index >= 15 is 0 Å². The summed E-state index contributed by atoms with van der Waals surface area (Å²) in [6.07, 6.45) is 1.60. The van der Waals surface area contributed by atoms with Gasteiger partial charge in [-0.05, 0) is 35.4 Å². The van der Waals surface area contributed by atoms with E-state index in [0.717, 1.165) is 33.5 Å². The van der Waals surface area contributed by atoms with Crippen molar-refractivity contribution < 1.29 is 14.3 Å². The average Bonchev–Trinajstić information content (AvgIpc) is 3.52. The summed E-state index contributed by atoms with van der Waals surface area (Å²) in [5.41, 5.74) is 4.83. The van der Waals surface area contributed by atoms with E-state index in [-0.39, 0.29) is 11.6 Å². The topological polar surface area (TPSA) is 83.9 Å². The summed E-state index contributed by atoms with van der Waals surface area (Å²) in [7, 11) is 1.63. The highest BCUT2D eigenvalue weighted by Gasteiger charge is 2.44. The number of ether oxygens (including phenoxy) is 1. The quantitative estimate of drug-likeness (QED) is 0.160. The monoisotopic (exact) mass is 511 g/mol. The molecular weight excluding hydrogens is 486 g/mol. The Balaban J connectivity index is 1.40. The van der Waals surface area contributed by atoms with Crippen molar-refractivity contribution in [3.63, 3.8) is 0 Å². The molecule has 6 nitrogen and oxygen atoms in total. The predicted molar refractivity (Wildman–Crippen MR) is 153 cm³/mol. The van der Waals surface area contributed by atoms with Gasteiger partial charge in [0.2, 0.25) is 0 Å². The van der Waals surface area contributed by atoms with Crippen molar-refractivity contribution in [2.45, 2.75) is 5.92 Å². The number of aromatic amines is 1. The molecule has 0 spiro atoms. The number of fused-ring (bicyclic) bond motifs is 2. The highest BCUT2D eigenvalue weighted by atomic mass is 16.5. The predicted octanol–water partition coefficient (Wildman–Crippen LogP) is 6.21. The van der Waals surface area contributed by atoms with E-state index in [9.17, 15) is 9.59 Å². The zero-order chi connectivity index (χ0) is 26.8. The van der Waals surface area contributed by atoms with Gasteiger partial charge in [0, 0.05) is 22.0 Å². The van der Waals surface area contributed by atoms with Crippen LogP contribution >= 0.6 is 0 Å². The Morgan fingerprint density at radius 3 is 2.15 bits per heavy atom. The zero-order valence-corrected chi connectivity index (χ0v) is 21.2. The Morgan fingerprint density at radius 2 is 1.49 bits per heavy atom. The molecule has 0 saturated carbocycles. The molecule has 1 aromatic heterocycles. The van der Waals surface area contributed by atoms with Crippen molar-refractivity contribution in [3.8, 4) is 5.75 Å². The van der Waals surface area contributed by atoms with Gasteiger partial charge in [0.15, 0.2) is 11.6 Å². The largest absolute Gasteiger partial charge is 0.497 e. The molecule has 4 aromatic carbocycles. The fraction of sp³-hybridized carbons (Fsp3) is 0.0909. The van der Waals surface area contributed by atoms with E-state index in [0.29, 0.717) is 16.8 Å². The standard InChI is InChI=1S/C33H25N3O3/c1-39-25-16-17-28-23(19-25)18-24(35-28)20-34-36-31-26-14-8-9-15-27(26)32(37)30(31)33(38)29(21-10-4-2-5-11-21)22-12-6-3-7-13-22/h2-20,29-30,35H,1H3/b34-20-,36-31-. The number of H-pyrrole nitrogens is 1. The van der Waals surface area contributed by atoms with Gasteiger partial charge in [0.25, 0.3) is 0 Å². The van der Waals surface area contributed by atoms with Gasteiger partial charge < -0.3 is 9.72 Å². The van der Waals surface area contributed by atoms with E-state index in [4.69, 9.17) is 4.74 Å². The van der Waals surface area contributed by atoms with Crippen LogP contribution in [0.25, 0.3) is 10.9 Å². The number of rotatable bonds is 7. The number of hydrogen-bond donors (Lipinski definition) is 1. The number of benzene rings is 4. The number of nitrogens with one attached hydrogen (secondary N) is 1. The lowest BCUT2D eigenvalue weighted by molar-refractivity contribution is -0.120. The van der Waals surface area contributed by atoms with Crippen LogP contribution in [-0.2, 0) is 4.79 Å². The SMILES string of the molecule is COc1ccc2[nH]c(/C=N\N=C3\c4ccccc4C(=O)C3C(=O)C(c3ccccc3)c3ccccc3)cc2c1. The summed E-state index contributed by atoms with van der Waals surface area (Å²) in [5, 5.41) is 9.79. The van der Waals surface area contributed by atoms with Gasteiger partial charge in [-0.25, -0.2) is 0 Å². The minimum atomic E-state index is -1.06. The van der Waals surface area contributed by atoms with Crippen LogP contribution in [0.5, 0.6) is 5.75 Å². The molecule has 5 aromatic rings. The summed E-state index contributed by atoms with van der Waals surface area (Å²) < 4.78 is 5.31. The van der Waals surface area contributed by atoms with E-state index in [1.807, 2.05) is 97.1 Å². The summed E-state index contributed by atoms with van der Waals surface area (Å²) >= 11 is 0. The van der Waals surface area contributed by atoms with Gasteiger partial charge in [-0.2, -0.15) is 10.2 Å². The Morgan fingerprint density at radius 1 is 0.846 bits per heavy atom. The van der Waals surface area contributed by atoms with E-state index in [1.165, 1.54) is 0 Å². The second-order valence-corrected chi connectivity index (χ2v) is 9.41. The third kappa shape index (κ3) is 4.57. The number of methoxy groups -OCH3 is 1. The number of Topliss-reactive ketones (excluding diaryl/α,β-unsaturated/α-hetero) is 2. The molecule has 6 rings (SSSR count). The molecule has 6 heteroatoms. The van der Waals surface area contributed by atoms with Crippen molar-refractivity contribution in [2.24, 2.45) is 16.1 Å². The molecule has 1 unspecified atom stereocenters. The van der Waals surface area contributed by atoms with E-state index in [1.54, 1.807) is 25.5 Å². The average molecular weight is 512 g/mol. The molecule has 1 aliphatic rings. The maximum absolute atomic E-state index is 14.3. The van der Waals surface area contributed by atoms with Gasteiger partial charge in [-0.1, -0.05) is 84.9 Å². The molecule has 1 heterocycles. The van der Waals surface area contributed by atoms with Crippen LogP contribution in [0, 0.1) is 5.92 Å². The van der Waals surface area contributed by atoms with E-state index < -0.39 is 11.8 Å². The van der Waals surface area contributed by atoms with Gasteiger partial charge >= 0.3 is 0 Å². The minimum absolute atomic E-state index is 0.222. The lowest BCUT2D eigenvalue weighted by Crippen LogP contribution is -2.31. The number of hydrogen-bond acceptors (Lipinski definition) is 5. The van der Waals surface area contributed by atoms with Gasteiger partial charge in [0.05, 0.1) is 30.6 Å². The highest BCUT2D eigenvalue weighted by Crippen LogP contribution is 2.35. The Kier molecular flexibility index (Phi) is 6.43. The lowest BCUT2D eigenvalue weighted by Gasteiger charge is -2.20. The zero-order valence-electron chi connectivity index (χ0n) is 21.2. The molecule has 0 radical (unpaired) electrons. The molecule has 1 atom stereocenters. The maximum atomic E-state index is 14.3. The van der Waals surface area contributed by atoms with E-state index in [2.05, 4.69) is 15.2 Å². The van der Waals surface area contributed by atoms with Crippen LogP contribution in [0.4, 0.5) is 0 Å². The number of nitrogens with zero attached hydrogens (tertiary/aromatic N) is 2. The van der Waals surface area contributed by atoms with Gasteiger partial charge in [0.1, 0.15) is 11.7 Å². The first-order chi connectivity index (χ1) is 19.1. The fourth-order valence-electron chi connectivity index (χ4n) is 5.19. The second kappa shape index (κ2) is 10.3. The summed E-state index contributed by atoms with van der Waals surface area (Å²) in [4.78, 5) is 31.2. The molecule has 0 saturated heterocycles. The van der Waals surface area contributed by atoms with Crippen molar-refractivity contribution in [3.05, 3.63) is 137 Å². The first kappa shape index (κ1) is 24.2. The van der Waals surface area contributed by atoms with Crippen LogP contribution in [-0.4, -0.2) is 35.6 Å². The lowest BCUT2D eigenvalue weighted by atomic mass is 9.80. The van der Waals surface area contributed by atoms with Crippen molar-refractivity contribution in [1.29, 1.82) is 0 Å².